The van der Waals surface area contributed by atoms with Crippen molar-refractivity contribution in [2.45, 2.75) is 6.92 Å². The molecule has 2 aromatic carbocycles. The van der Waals surface area contributed by atoms with E-state index in [0.717, 1.165) is 5.56 Å². The summed E-state index contributed by atoms with van der Waals surface area (Å²) in [5.74, 6) is 0.855. The number of halogens is 1. The Morgan fingerprint density at radius 1 is 1.10 bits per heavy atom. The molecule has 152 valence electrons. The molecule has 29 heavy (non-hydrogen) atoms. The maximum atomic E-state index is 14.2. The molecule has 0 saturated carbocycles. The van der Waals surface area contributed by atoms with Crippen LogP contribution in [-0.2, 0) is 13.8 Å². The fourth-order valence-corrected chi connectivity index (χ4v) is 5.48. The summed E-state index contributed by atoms with van der Waals surface area (Å²) in [6.07, 6.45) is 0. The van der Waals surface area contributed by atoms with Gasteiger partial charge in [-0.15, -0.1) is 0 Å². The van der Waals surface area contributed by atoms with E-state index in [2.05, 4.69) is 4.98 Å². The first-order chi connectivity index (χ1) is 14.1. The number of ether oxygens (including phenoxy) is 1. The predicted octanol–water partition coefficient (Wildman–Crippen LogP) is 4.10. The molecule has 4 rings (SSSR count). The Balaban J connectivity index is 1.87. The molecule has 6 nitrogen and oxygen atoms in total. The van der Waals surface area contributed by atoms with Gasteiger partial charge in [0.25, 0.3) is 7.37 Å². The molecule has 1 fully saturated rings. The van der Waals surface area contributed by atoms with Gasteiger partial charge in [0.15, 0.2) is 5.44 Å². The predicted molar refractivity (Wildman–Crippen MR) is 115 cm³/mol. The Bertz CT molecular complexity index is 1000. The molecule has 1 aliphatic rings. The topological polar surface area (TPSA) is 64.8 Å². The minimum absolute atomic E-state index is 0.290. The van der Waals surface area contributed by atoms with Crippen LogP contribution in [0, 0.1) is 0 Å². The molecule has 0 spiro atoms. The second-order valence-corrected chi connectivity index (χ2v) is 9.30. The van der Waals surface area contributed by atoms with Gasteiger partial charge in [-0.25, -0.2) is 4.98 Å². The molecular weight excluding hydrogens is 411 g/mol. The molecular formula is C21H22ClN2O4P. The highest BCUT2D eigenvalue weighted by Crippen LogP contribution is 2.47. The van der Waals surface area contributed by atoms with E-state index in [1.54, 1.807) is 24.3 Å². The smallest absolute Gasteiger partial charge is 0.284 e. The van der Waals surface area contributed by atoms with Crippen LogP contribution in [0.1, 0.15) is 6.92 Å². The van der Waals surface area contributed by atoms with Gasteiger partial charge in [-0.3, -0.25) is 4.57 Å². The van der Waals surface area contributed by atoms with Crippen LogP contribution >= 0.6 is 19.0 Å². The van der Waals surface area contributed by atoms with Crippen LogP contribution in [0.25, 0.3) is 11.5 Å². The fourth-order valence-electron chi connectivity index (χ4n) is 3.25. The highest BCUT2D eigenvalue weighted by Gasteiger charge is 2.38. The van der Waals surface area contributed by atoms with Gasteiger partial charge >= 0.3 is 0 Å². The summed E-state index contributed by atoms with van der Waals surface area (Å²) in [5, 5.41) is 1.21. The standard InChI is InChI=1S/C21H22ClN2O4P/c1-2-27-29(25,18-6-4-3-5-7-18)20-21(24-12-14-26-15-13-24)28-19(23-20)16-8-10-17(22)11-9-16/h3-11H,2,12-15H2,1H3. The molecule has 0 aliphatic carbocycles. The Morgan fingerprint density at radius 3 is 2.45 bits per heavy atom. The van der Waals surface area contributed by atoms with Crippen LogP contribution < -0.4 is 15.6 Å². The van der Waals surface area contributed by atoms with E-state index in [9.17, 15) is 4.57 Å². The normalized spacial score (nSPS) is 16.6. The SMILES string of the molecule is CCOP(=O)(c1ccccc1)c1nc(-c2ccc(Cl)cc2)oc1N1CCOCC1. The molecule has 3 aromatic rings. The van der Waals surface area contributed by atoms with Crippen molar-refractivity contribution in [2.75, 3.05) is 37.8 Å². The van der Waals surface area contributed by atoms with Crippen LogP contribution in [0.3, 0.4) is 0 Å². The molecule has 0 bridgehead atoms. The van der Waals surface area contributed by atoms with Crippen molar-refractivity contribution in [3.63, 3.8) is 0 Å². The number of hydrogen-bond donors (Lipinski definition) is 0. The van der Waals surface area contributed by atoms with Gasteiger partial charge in [-0.2, -0.15) is 0 Å². The lowest BCUT2D eigenvalue weighted by Gasteiger charge is -2.28. The van der Waals surface area contributed by atoms with E-state index in [0.29, 0.717) is 53.8 Å². The first-order valence-corrected chi connectivity index (χ1v) is 11.5. The first-order valence-electron chi connectivity index (χ1n) is 9.52. The highest BCUT2D eigenvalue weighted by atomic mass is 35.5. The number of benzene rings is 2. The van der Waals surface area contributed by atoms with E-state index in [1.807, 2.05) is 42.2 Å². The average molecular weight is 433 g/mol. The van der Waals surface area contributed by atoms with Crippen LogP contribution in [0.15, 0.2) is 59.0 Å². The first kappa shape index (κ1) is 20.2. The van der Waals surface area contributed by atoms with Gasteiger partial charge in [0, 0.05) is 29.0 Å². The average Bonchev–Trinajstić information content (AvgIpc) is 3.22. The summed E-state index contributed by atoms with van der Waals surface area (Å²) in [6, 6.07) is 16.4. The zero-order valence-corrected chi connectivity index (χ0v) is 17.7. The Kier molecular flexibility index (Phi) is 6.07. The molecule has 1 atom stereocenters. The Morgan fingerprint density at radius 2 is 1.79 bits per heavy atom. The molecule has 1 aliphatic heterocycles. The molecule has 0 N–H and O–H groups in total. The monoisotopic (exact) mass is 432 g/mol. The molecule has 1 aromatic heterocycles. The highest BCUT2D eigenvalue weighted by molar-refractivity contribution is 7.74. The van der Waals surface area contributed by atoms with Crippen molar-refractivity contribution in [1.29, 1.82) is 0 Å². The van der Waals surface area contributed by atoms with Crippen molar-refractivity contribution in [3.8, 4) is 11.5 Å². The summed E-state index contributed by atoms with van der Waals surface area (Å²) >= 11 is 6.01. The fraction of sp³-hybridized carbons (Fsp3) is 0.286. The summed E-state index contributed by atoms with van der Waals surface area (Å²) in [5.41, 5.74) is 1.09. The number of hydrogen-bond acceptors (Lipinski definition) is 6. The summed E-state index contributed by atoms with van der Waals surface area (Å²) in [7, 11) is -3.45. The number of anilines is 1. The third kappa shape index (κ3) is 4.12. The van der Waals surface area contributed by atoms with E-state index >= 15 is 0 Å². The van der Waals surface area contributed by atoms with Crippen LogP contribution in [0.4, 0.5) is 5.88 Å². The number of nitrogens with zero attached hydrogens (tertiary/aromatic N) is 2. The summed E-state index contributed by atoms with van der Waals surface area (Å²) in [4.78, 5) is 6.69. The maximum absolute atomic E-state index is 14.2. The molecule has 1 saturated heterocycles. The number of aromatic nitrogens is 1. The minimum Gasteiger partial charge on any atom is -0.420 e. The lowest BCUT2D eigenvalue weighted by molar-refractivity contribution is 0.121. The lowest BCUT2D eigenvalue weighted by atomic mass is 10.2. The zero-order chi connectivity index (χ0) is 20.3. The minimum atomic E-state index is -3.45. The van der Waals surface area contributed by atoms with E-state index in [4.69, 9.17) is 25.3 Å². The van der Waals surface area contributed by atoms with Crippen LogP contribution in [-0.4, -0.2) is 37.9 Å². The number of rotatable bonds is 6. The summed E-state index contributed by atoms with van der Waals surface area (Å²) in [6.45, 7) is 4.51. The van der Waals surface area contributed by atoms with E-state index in [1.165, 1.54) is 0 Å². The van der Waals surface area contributed by atoms with Crippen molar-refractivity contribution in [2.24, 2.45) is 0 Å². The molecule has 1 unspecified atom stereocenters. The second kappa shape index (κ2) is 8.72. The second-order valence-electron chi connectivity index (χ2n) is 6.56. The molecule has 0 radical (unpaired) electrons. The van der Waals surface area contributed by atoms with Crippen molar-refractivity contribution < 1.29 is 18.2 Å². The molecule has 2 heterocycles. The van der Waals surface area contributed by atoms with Gasteiger partial charge in [0.2, 0.25) is 11.8 Å². The van der Waals surface area contributed by atoms with Crippen molar-refractivity contribution in [3.05, 3.63) is 59.6 Å². The van der Waals surface area contributed by atoms with Crippen molar-refractivity contribution in [1.82, 2.24) is 4.98 Å². The quantitative estimate of drug-likeness (QED) is 0.546. The third-order valence-electron chi connectivity index (χ3n) is 4.67. The maximum Gasteiger partial charge on any atom is 0.284 e. The van der Waals surface area contributed by atoms with Gasteiger partial charge in [0.1, 0.15) is 0 Å². The zero-order valence-electron chi connectivity index (χ0n) is 16.1. The lowest BCUT2D eigenvalue weighted by Crippen LogP contribution is -2.39. The van der Waals surface area contributed by atoms with Crippen LogP contribution in [0.2, 0.25) is 5.02 Å². The number of oxazole rings is 1. The van der Waals surface area contributed by atoms with E-state index < -0.39 is 7.37 Å². The number of morpholine rings is 1. The summed E-state index contributed by atoms with van der Waals surface area (Å²) < 4.78 is 31.6. The van der Waals surface area contributed by atoms with Gasteiger partial charge in [0.05, 0.1) is 19.8 Å². The largest absolute Gasteiger partial charge is 0.420 e. The molecule has 8 heteroatoms. The Hall–Kier alpha value is -2.11. The molecule has 0 amide bonds. The van der Waals surface area contributed by atoms with Gasteiger partial charge in [-0.1, -0.05) is 29.8 Å². The van der Waals surface area contributed by atoms with Crippen LogP contribution in [0.5, 0.6) is 0 Å². The van der Waals surface area contributed by atoms with Gasteiger partial charge < -0.3 is 18.6 Å². The third-order valence-corrected chi connectivity index (χ3v) is 7.37. The Labute approximate surface area is 174 Å². The van der Waals surface area contributed by atoms with Gasteiger partial charge in [-0.05, 0) is 43.3 Å². The van der Waals surface area contributed by atoms with Crippen molar-refractivity contribution >= 4 is 35.6 Å². The van der Waals surface area contributed by atoms with E-state index in [-0.39, 0.29) is 6.61 Å².